The highest BCUT2D eigenvalue weighted by atomic mass is 35.5. The largest absolute Gasteiger partial charge is 0.342 e. The van der Waals surface area contributed by atoms with E-state index in [1.807, 2.05) is 17.0 Å². The lowest BCUT2D eigenvalue weighted by atomic mass is 10.0. The Labute approximate surface area is 149 Å². The molecule has 0 spiro atoms. The van der Waals surface area contributed by atoms with Crippen LogP contribution in [0.25, 0.3) is 0 Å². The Bertz CT molecular complexity index is 574. The normalized spacial score (nSPS) is 17.9. The van der Waals surface area contributed by atoms with Gasteiger partial charge in [-0.05, 0) is 36.1 Å². The van der Waals surface area contributed by atoms with Crippen molar-refractivity contribution in [3.05, 3.63) is 29.3 Å². The molecule has 1 aromatic rings. The molecule has 4 nitrogen and oxygen atoms in total. The highest BCUT2D eigenvalue weighted by Crippen LogP contribution is 2.27. The minimum absolute atomic E-state index is 0.00437. The van der Waals surface area contributed by atoms with Crippen molar-refractivity contribution >= 4 is 29.1 Å². The Hall–Kier alpha value is -1.55. The van der Waals surface area contributed by atoms with Crippen molar-refractivity contribution in [3.63, 3.8) is 0 Å². The fourth-order valence-corrected chi connectivity index (χ4v) is 3.26. The molecule has 0 radical (unpaired) electrons. The van der Waals surface area contributed by atoms with E-state index in [1.54, 1.807) is 17.0 Å². The van der Waals surface area contributed by atoms with Crippen molar-refractivity contribution in [1.29, 1.82) is 0 Å². The zero-order chi connectivity index (χ0) is 17.9. The van der Waals surface area contributed by atoms with Gasteiger partial charge in [0, 0.05) is 36.8 Å². The fraction of sp³-hybridized carbons (Fsp3) is 0.579. The van der Waals surface area contributed by atoms with E-state index in [0.29, 0.717) is 23.4 Å². The third-order valence-electron chi connectivity index (χ3n) is 4.10. The number of amides is 2. The first kappa shape index (κ1) is 18.8. The van der Waals surface area contributed by atoms with Crippen LogP contribution < -0.4 is 4.90 Å². The van der Waals surface area contributed by atoms with Crippen molar-refractivity contribution in [2.45, 2.75) is 34.1 Å². The number of carbonyl (C=O) groups excluding carboxylic acids is 2. The number of hydrogen-bond donors (Lipinski definition) is 0. The number of anilines is 1. The van der Waals surface area contributed by atoms with Crippen LogP contribution in [-0.4, -0.2) is 36.3 Å². The molecule has 0 aliphatic carbocycles. The van der Waals surface area contributed by atoms with Gasteiger partial charge in [0.15, 0.2) is 0 Å². The summed E-state index contributed by atoms with van der Waals surface area (Å²) in [4.78, 5) is 28.9. The molecule has 1 aliphatic rings. The maximum Gasteiger partial charge on any atom is 0.228 e. The van der Waals surface area contributed by atoms with Crippen LogP contribution in [0.4, 0.5) is 5.69 Å². The van der Waals surface area contributed by atoms with E-state index in [4.69, 9.17) is 11.6 Å². The lowest BCUT2D eigenvalue weighted by Crippen LogP contribution is -2.41. The predicted octanol–water partition coefficient (Wildman–Crippen LogP) is 3.83. The van der Waals surface area contributed by atoms with E-state index in [9.17, 15) is 9.59 Å². The fourth-order valence-electron chi connectivity index (χ4n) is 3.14. The van der Waals surface area contributed by atoms with Gasteiger partial charge in [-0.1, -0.05) is 39.3 Å². The molecule has 132 valence electrons. The molecule has 24 heavy (non-hydrogen) atoms. The van der Waals surface area contributed by atoms with Gasteiger partial charge in [0.2, 0.25) is 11.8 Å². The summed E-state index contributed by atoms with van der Waals surface area (Å²) in [6, 6.07) is 7.19. The maximum absolute atomic E-state index is 12.9. The summed E-state index contributed by atoms with van der Waals surface area (Å²) < 4.78 is 0. The van der Waals surface area contributed by atoms with Crippen LogP contribution in [0.1, 0.15) is 34.1 Å². The quantitative estimate of drug-likeness (QED) is 0.782. The molecule has 1 heterocycles. The third-order valence-corrected chi connectivity index (χ3v) is 4.35. The standard InChI is InChI=1S/C19H27ClN2O2/c1-13(2)10-21(11-14(3)4)19(24)15-9-18(23)22(12-15)17-7-5-16(20)6-8-17/h5-8,13-15H,9-12H2,1-4H3. The van der Waals surface area contributed by atoms with E-state index < -0.39 is 0 Å². The Morgan fingerprint density at radius 2 is 1.71 bits per heavy atom. The molecule has 2 rings (SSSR count). The number of nitrogens with zero attached hydrogens (tertiary/aromatic N) is 2. The molecule has 0 aromatic heterocycles. The number of halogens is 1. The topological polar surface area (TPSA) is 40.6 Å². The molecule has 1 fully saturated rings. The van der Waals surface area contributed by atoms with Crippen molar-refractivity contribution in [2.75, 3.05) is 24.5 Å². The maximum atomic E-state index is 12.9. The van der Waals surface area contributed by atoms with Gasteiger partial charge in [0.25, 0.3) is 0 Å². The summed E-state index contributed by atoms with van der Waals surface area (Å²) in [5, 5.41) is 0.637. The Balaban J connectivity index is 2.10. The Morgan fingerprint density at radius 3 is 2.21 bits per heavy atom. The van der Waals surface area contributed by atoms with Gasteiger partial charge < -0.3 is 9.80 Å². The molecule has 0 saturated carbocycles. The predicted molar refractivity (Wildman–Crippen MR) is 98.2 cm³/mol. The minimum Gasteiger partial charge on any atom is -0.342 e. The lowest BCUT2D eigenvalue weighted by molar-refractivity contribution is -0.136. The summed E-state index contributed by atoms with van der Waals surface area (Å²) in [6.07, 6.45) is 0.286. The monoisotopic (exact) mass is 350 g/mol. The summed E-state index contributed by atoms with van der Waals surface area (Å²) in [6.45, 7) is 10.4. The molecule has 1 saturated heterocycles. The van der Waals surface area contributed by atoms with Crippen LogP contribution in [0.15, 0.2) is 24.3 Å². The molecular weight excluding hydrogens is 324 g/mol. The minimum atomic E-state index is -0.259. The lowest BCUT2D eigenvalue weighted by Gasteiger charge is -2.28. The van der Waals surface area contributed by atoms with Crippen LogP contribution in [-0.2, 0) is 9.59 Å². The summed E-state index contributed by atoms with van der Waals surface area (Å²) >= 11 is 5.91. The molecule has 5 heteroatoms. The van der Waals surface area contributed by atoms with Gasteiger partial charge >= 0.3 is 0 Å². The molecule has 1 atom stereocenters. The van der Waals surface area contributed by atoms with E-state index in [0.717, 1.165) is 18.8 Å². The Morgan fingerprint density at radius 1 is 1.17 bits per heavy atom. The summed E-state index contributed by atoms with van der Waals surface area (Å²) in [5.74, 6) is 0.673. The van der Waals surface area contributed by atoms with Gasteiger partial charge in [-0.15, -0.1) is 0 Å². The molecule has 1 unspecified atom stereocenters. The number of benzene rings is 1. The van der Waals surface area contributed by atoms with Crippen molar-refractivity contribution < 1.29 is 9.59 Å². The van der Waals surface area contributed by atoms with Crippen LogP contribution in [0.3, 0.4) is 0 Å². The van der Waals surface area contributed by atoms with E-state index >= 15 is 0 Å². The third kappa shape index (κ3) is 4.73. The summed E-state index contributed by atoms with van der Waals surface area (Å²) in [7, 11) is 0. The number of carbonyl (C=O) groups is 2. The second-order valence-corrected chi connectivity index (χ2v) is 7.85. The molecule has 2 amide bonds. The second-order valence-electron chi connectivity index (χ2n) is 7.41. The van der Waals surface area contributed by atoms with E-state index in [1.165, 1.54) is 0 Å². The zero-order valence-electron chi connectivity index (χ0n) is 15.0. The first-order valence-corrected chi connectivity index (χ1v) is 9.00. The molecule has 0 N–H and O–H groups in total. The SMILES string of the molecule is CC(C)CN(CC(C)C)C(=O)C1CC(=O)N(c2ccc(Cl)cc2)C1. The van der Waals surface area contributed by atoms with Crippen molar-refractivity contribution in [2.24, 2.45) is 17.8 Å². The molecule has 1 aromatic carbocycles. The number of hydrogen-bond acceptors (Lipinski definition) is 2. The first-order valence-electron chi connectivity index (χ1n) is 8.62. The van der Waals surface area contributed by atoms with Crippen molar-refractivity contribution in [3.8, 4) is 0 Å². The smallest absolute Gasteiger partial charge is 0.228 e. The first-order chi connectivity index (χ1) is 11.3. The van der Waals surface area contributed by atoms with E-state index in [-0.39, 0.29) is 24.2 Å². The van der Waals surface area contributed by atoms with Crippen LogP contribution >= 0.6 is 11.6 Å². The van der Waals surface area contributed by atoms with Crippen LogP contribution in [0.2, 0.25) is 5.02 Å². The highest BCUT2D eigenvalue weighted by Gasteiger charge is 2.37. The van der Waals surface area contributed by atoms with Gasteiger partial charge in [-0.3, -0.25) is 9.59 Å². The average molecular weight is 351 g/mol. The average Bonchev–Trinajstić information content (AvgIpc) is 2.87. The van der Waals surface area contributed by atoms with Gasteiger partial charge in [-0.2, -0.15) is 0 Å². The van der Waals surface area contributed by atoms with Gasteiger partial charge in [0.05, 0.1) is 5.92 Å². The highest BCUT2D eigenvalue weighted by molar-refractivity contribution is 6.30. The van der Waals surface area contributed by atoms with E-state index in [2.05, 4.69) is 27.7 Å². The zero-order valence-corrected chi connectivity index (χ0v) is 15.7. The Kier molecular flexibility index (Phi) is 6.27. The molecular formula is C19H27ClN2O2. The van der Waals surface area contributed by atoms with Crippen LogP contribution in [0.5, 0.6) is 0 Å². The number of rotatable bonds is 6. The van der Waals surface area contributed by atoms with Crippen molar-refractivity contribution in [1.82, 2.24) is 4.90 Å². The summed E-state index contributed by atoms with van der Waals surface area (Å²) in [5.41, 5.74) is 0.805. The molecule has 1 aliphatic heterocycles. The van der Waals surface area contributed by atoms with Gasteiger partial charge in [-0.25, -0.2) is 0 Å². The van der Waals surface area contributed by atoms with Crippen LogP contribution in [0, 0.1) is 17.8 Å². The molecule has 0 bridgehead atoms. The second kappa shape index (κ2) is 8.02. The van der Waals surface area contributed by atoms with Gasteiger partial charge in [0.1, 0.15) is 0 Å².